The number of imidazole rings is 1. The molecule has 0 aliphatic heterocycles. The second-order valence-electron chi connectivity index (χ2n) is 4.42. The van der Waals surface area contributed by atoms with Crippen LogP contribution in [-0.2, 0) is 6.54 Å². The van der Waals surface area contributed by atoms with Crippen molar-refractivity contribution in [2.75, 3.05) is 0 Å². The van der Waals surface area contributed by atoms with Crippen molar-refractivity contribution >= 4 is 34.6 Å². The van der Waals surface area contributed by atoms with E-state index < -0.39 is 0 Å². The average Bonchev–Trinajstić information content (AvgIpc) is 2.84. The number of nitrogens with one attached hydrogen (secondary N) is 1. The first-order valence-corrected chi connectivity index (χ1v) is 7.02. The topological polar surface area (TPSA) is 33.6 Å². The Balaban J connectivity index is 2.11. The molecular weight excluding hydrogens is 262 g/mol. The number of aromatic nitrogens is 3. The quantitative estimate of drug-likeness (QED) is 0.721. The maximum Gasteiger partial charge on any atom is 0.178 e. The van der Waals surface area contributed by atoms with E-state index in [1.165, 1.54) is 5.56 Å². The van der Waals surface area contributed by atoms with Crippen molar-refractivity contribution in [1.29, 1.82) is 0 Å². The molecule has 0 aliphatic rings. The Kier molecular flexibility index (Phi) is 2.80. The largest absolute Gasteiger partial charge is 0.331 e. The fourth-order valence-corrected chi connectivity index (χ4v) is 3.08. The number of aryl methyl sites for hydroxylation is 2. The van der Waals surface area contributed by atoms with Gasteiger partial charge in [0, 0.05) is 11.1 Å². The van der Waals surface area contributed by atoms with Crippen molar-refractivity contribution < 1.29 is 0 Å². The van der Waals surface area contributed by atoms with Crippen LogP contribution >= 0.6 is 23.6 Å². The molecule has 18 heavy (non-hydrogen) atoms. The molecule has 1 N–H and O–H groups in total. The Labute approximate surface area is 114 Å². The van der Waals surface area contributed by atoms with Gasteiger partial charge in [-0.05, 0) is 43.8 Å². The molecule has 5 heteroatoms. The van der Waals surface area contributed by atoms with E-state index in [0.717, 1.165) is 33.1 Å². The maximum atomic E-state index is 5.39. The molecule has 0 saturated heterocycles. The second-order valence-corrected chi connectivity index (χ2v) is 5.75. The van der Waals surface area contributed by atoms with Crippen molar-refractivity contribution in [2.45, 2.75) is 20.4 Å². The first kappa shape index (κ1) is 11.6. The highest BCUT2D eigenvalue weighted by atomic mass is 32.1. The Morgan fingerprint density at radius 1 is 1.39 bits per heavy atom. The van der Waals surface area contributed by atoms with E-state index in [-0.39, 0.29) is 0 Å². The van der Waals surface area contributed by atoms with Gasteiger partial charge in [0.05, 0.1) is 17.6 Å². The highest BCUT2D eigenvalue weighted by molar-refractivity contribution is 7.71. The Bertz CT molecular complexity index is 764. The molecule has 3 rings (SSSR count). The van der Waals surface area contributed by atoms with Gasteiger partial charge in [-0.1, -0.05) is 6.07 Å². The number of hydrogen-bond donors (Lipinski definition) is 1. The van der Waals surface area contributed by atoms with Gasteiger partial charge < -0.3 is 9.55 Å². The standard InChI is InChI=1S/C13H13N3S2/c1-8-3-4-11-10(5-8)15-13(17)16(11)6-12-14-9(2)7-18-12/h3-5,7H,6H2,1-2H3,(H,15,17). The monoisotopic (exact) mass is 275 g/mol. The summed E-state index contributed by atoms with van der Waals surface area (Å²) in [6, 6.07) is 6.33. The third-order valence-electron chi connectivity index (χ3n) is 2.89. The lowest BCUT2D eigenvalue weighted by atomic mass is 10.2. The van der Waals surface area contributed by atoms with Crippen LogP contribution in [-0.4, -0.2) is 14.5 Å². The van der Waals surface area contributed by atoms with Gasteiger partial charge in [-0.15, -0.1) is 11.3 Å². The highest BCUT2D eigenvalue weighted by Crippen LogP contribution is 2.18. The van der Waals surface area contributed by atoms with E-state index >= 15 is 0 Å². The summed E-state index contributed by atoms with van der Waals surface area (Å²) in [5.41, 5.74) is 4.53. The molecule has 0 aliphatic carbocycles. The van der Waals surface area contributed by atoms with Crippen LogP contribution in [0.25, 0.3) is 11.0 Å². The lowest BCUT2D eigenvalue weighted by molar-refractivity contribution is 0.800. The number of benzene rings is 1. The Morgan fingerprint density at radius 3 is 2.94 bits per heavy atom. The van der Waals surface area contributed by atoms with Gasteiger partial charge in [0.1, 0.15) is 5.01 Å². The molecular formula is C13H13N3S2. The number of H-pyrrole nitrogens is 1. The zero-order valence-corrected chi connectivity index (χ0v) is 11.9. The second kappa shape index (κ2) is 4.33. The number of hydrogen-bond acceptors (Lipinski definition) is 3. The third-order valence-corrected chi connectivity index (χ3v) is 4.16. The van der Waals surface area contributed by atoms with E-state index in [4.69, 9.17) is 12.2 Å². The van der Waals surface area contributed by atoms with Crippen LogP contribution in [0.4, 0.5) is 0 Å². The van der Waals surface area contributed by atoms with E-state index in [1.807, 2.05) is 6.92 Å². The molecule has 0 radical (unpaired) electrons. The first-order chi connectivity index (χ1) is 8.63. The summed E-state index contributed by atoms with van der Waals surface area (Å²) in [4.78, 5) is 7.74. The summed E-state index contributed by atoms with van der Waals surface area (Å²) in [7, 11) is 0. The van der Waals surface area contributed by atoms with Gasteiger partial charge in [0.2, 0.25) is 0 Å². The van der Waals surface area contributed by atoms with Crippen molar-refractivity contribution in [3.05, 3.63) is 44.6 Å². The Morgan fingerprint density at radius 2 is 2.22 bits per heavy atom. The molecule has 2 heterocycles. The van der Waals surface area contributed by atoms with Crippen LogP contribution in [0.2, 0.25) is 0 Å². The van der Waals surface area contributed by atoms with E-state index in [1.54, 1.807) is 11.3 Å². The number of nitrogens with zero attached hydrogens (tertiary/aromatic N) is 2. The maximum absolute atomic E-state index is 5.39. The molecule has 0 spiro atoms. The molecule has 3 aromatic rings. The minimum atomic E-state index is 0.737. The number of rotatable bonds is 2. The molecule has 0 amide bonds. The van der Waals surface area contributed by atoms with Crippen LogP contribution in [0.3, 0.4) is 0 Å². The van der Waals surface area contributed by atoms with Crippen molar-refractivity contribution in [3.8, 4) is 0 Å². The minimum Gasteiger partial charge on any atom is -0.331 e. The third kappa shape index (κ3) is 2.00. The van der Waals surface area contributed by atoms with Crippen LogP contribution < -0.4 is 0 Å². The summed E-state index contributed by atoms with van der Waals surface area (Å²) in [5.74, 6) is 0. The lowest BCUT2D eigenvalue weighted by Gasteiger charge is -2.01. The van der Waals surface area contributed by atoms with Gasteiger partial charge in [0.25, 0.3) is 0 Å². The summed E-state index contributed by atoms with van der Waals surface area (Å²) >= 11 is 7.06. The van der Waals surface area contributed by atoms with Crippen molar-refractivity contribution in [1.82, 2.24) is 14.5 Å². The molecule has 1 aromatic carbocycles. The lowest BCUT2D eigenvalue weighted by Crippen LogP contribution is -1.99. The predicted octanol–water partition coefficient (Wildman–Crippen LogP) is 3.82. The van der Waals surface area contributed by atoms with Crippen molar-refractivity contribution in [3.63, 3.8) is 0 Å². The zero-order chi connectivity index (χ0) is 12.7. The summed E-state index contributed by atoms with van der Waals surface area (Å²) < 4.78 is 2.85. The number of aromatic amines is 1. The van der Waals surface area contributed by atoms with Crippen LogP contribution in [0.5, 0.6) is 0 Å². The minimum absolute atomic E-state index is 0.737. The van der Waals surface area contributed by atoms with E-state index in [9.17, 15) is 0 Å². The van der Waals surface area contributed by atoms with Gasteiger partial charge in [-0.3, -0.25) is 0 Å². The number of fused-ring (bicyclic) bond motifs is 1. The van der Waals surface area contributed by atoms with Crippen LogP contribution in [0, 0.1) is 18.6 Å². The van der Waals surface area contributed by atoms with Gasteiger partial charge >= 0.3 is 0 Å². The SMILES string of the molecule is Cc1ccc2c(c1)[nH]c(=S)n2Cc1nc(C)cs1. The molecule has 0 saturated carbocycles. The molecule has 92 valence electrons. The molecule has 2 aromatic heterocycles. The van der Waals surface area contributed by atoms with Crippen LogP contribution in [0.1, 0.15) is 16.3 Å². The Hall–Kier alpha value is -1.46. The summed E-state index contributed by atoms with van der Waals surface area (Å²) in [6.45, 7) is 4.83. The van der Waals surface area contributed by atoms with E-state index in [0.29, 0.717) is 0 Å². The van der Waals surface area contributed by atoms with Gasteiger partial charge in [-0.2, -0.15) is 0 Å². The molecule has 3 nitrogen and oxygen atoms in total. The molecule has 0 fully saturated rings. The predicted molar refractivity (Wildman–Crippen MR) is 77.8 cm³/mol. The average molecular weight is 275 g/mol. The smallest absolute Gasteiger partial charge is 0.178 e. The fourth-order valence-electron chi connectivity index (χ4n) is 2.05. The number of thiazole rings is 1. The normalized spacial score (nSPS) is 11.2. The zero-order valence-electron chi connectivity index (χ0n) is 10.2. The van der Waals surface area contributed by atoms with Crippen LogP contribution in [0.15, 0.2) is 23.6 Å². The molecule has 0 atom stereocenters. The van der Waals surface area contributed by atoms with Crippen molar-refractivity contribution in [2.24, 2.45) is 0 Å². The van der Waals surface area contributed by atoms with Gasteiger partial charge in [-0.25, -0.2) is 4.98 Å². The first-order valence-electron chi connectivity index (χ1n) is 5.73. The summed E-state index contributed by atoms with van der Waals surface area (Å²) in [6.07, 6.45) is 0. The van der Waals surface area contributed by atoms with E-state index in [2.05, 4.69) is 45.0 Å². The highest BCUT2D eigenvalue weighted by Gasteiger charge is 2.07. The fraction of sp³-hybridized carbons (Fsp3) is 0.231. The summed E-state index contributed by atoms with van der Waals surface area (Å²) in [5, 5.41) is 3.16. The molecule has 0 bridgehead atoms. The molecule has 0 unspecified atom stereocenters. The van der Waals surface area contributed by atoms with Gasteiger partial charge in [0.15, 0.2) is 4.77 Å².